The normalized spacial score (nSPS) is 9.71. The molecule has 147 valence electrons. The number of hydrogen-bond acceptors (Lipinski definition) is 3. The minimum absolute atomic E-state index is 0. The van der Waals surface area contributed by atoms with Crippen molar-refractivity contribution in [1.82, 2.24) is 16.1 Å². The molecule has 0 spiro atoms. The molecular formula is C21H19Br2ClFeN3. The summed E-state index contributed by atoms with van der Waals surface area (Å²) >= 11 is 10.6. The number of pyridine rings is 2. The van der Waals surface area contributed by atoms with E-state index >= 15 is 0 Å². The molecule has 0 aliphatic rings. The third-order valence-electron chi connectivity index (χ3n) is 3.71. The molecule has 2 aromatic carbocycles. The van der Waals surface area contributed by atoms with E-state index in [2.05, 4.69) is 87.7 Å². The molecule has 0 unspecified atom stereocenters. The van der Waals surface area contributed by atoms with E-state index in [1.54, 1.807) is 6.20 Å². The van der Waals surface area contributed by atoms with Crippen LogP contribution < -0.4 is 6.15 Å². The zero-order valence-corrected chi connectivity index (χ0v) is 20.4. The van der Waals surface area contributed by atoms with Crippen molar-refractivity contribution in [3.05, 3.63) is 81.0 Å². The molecule has 0 saturated heterocycles. The SMILES string of the molecule is C[C](=[Fe+])c1ccc2ccc3cccnc3c2n1.Cc1[c-]c(Br)cc(Br)c1.Cl.N. The number of fused-ring (bicyclic) bond motifs is 3. The molecule has 0 bridgehead atoms. The van der Waals surface area contributed by atoms with Crippen molar-refractivity contribution < 1.29 is 15.6 Å². The Labute approximate surface area is 196 Å². The quantitative estimate of drug-likeness (QED) is 0.158. The van der Waals surface area contributed by atoms with Gasteiger partial charge in [0, 0.05) is 0 Å². The third-order valence-corrected chi connectivity index (χ3v) is 4.88. The molecule has 0 saturated carbocycles. The second-order valence-corrected chi connectivity index (χ2v) is 8.35. The summed E-state index contributed by atoms with van der Waals surface area (Å²) in [6.07, 6.45) is 1.80. The van der Waals surface area contributed by atoms with E-state index in [1.807, 2.05) is 38.1 Å². The summed E-state index contributed by atoms with van der Waals surface area (Å²) in [4.78, 5) is 9.06. The summed E-state index contributed by atoms with van der Waals surface area (Å²) in [7, 11) is 0. The molecule has 0 amide bonds. The zero-order valence-electron chi connectivity index (χ0n) is 15.3. The van der Waals surface area contributed by atoms with E-state index in [1.165, 1.54) is 0 Å². The van der Waals surface area contributed by atoms with Gasteiger partial charge in [-0.05, 0) is 0 Å². The predicted octanol–water partition coefficient (Wildman–Crippen LogP) is 6.77. The van der Waals surface area contributed by atoms with Gasteiger partial charge < -0.3 is 6.15 Å². The summed E-state index contributed by atoms with van der Waals surface area (Å²) in [6, 6.07) is 19.3. The maximum atomic E-state index is 4.64. The fourth-order valence-corrected chi connectivity index (χ4v) is 4.13. The zero-order chi connectivity index (χ0) is 18.7. The fourth-order valence-electron chi connectivity index (χ4n) is 2.54. The number of rotatable bonds is 1. The number of aromatic nitrogens is 2. The van der Waals surface area contributed by atoms with Crippen LogP contribution in [0.15, 0.2) is 63.7 Å². The molecule has 0 radical (unpaired) electrons. The predicted molar refractivity (Wildman–Crippen MR) is 125 cm³/mol. The van der Waals surface area contributed by atoms with Crippen molar-refractivity contribution >= 4 is 70.5 Å². The molecule has 4 aromatic rings. The van der Waals surface area contributed by atoms with E-state index in [0.29, 0.717) is 0 Å². The van der Waals surface area contributed by atoms with E-state index in [-0.39, 0.29) is 18.6 Å². The monoisotopic (exact) mass is 562 g/mol. The van der Waals surface area contributed by atoms with Gasteiger partial charge in [0.25, 0.3) is 0 Å². The maximum absolute atomic E-state index is 4.64. The summed E-state index contributed by atoms with van der Waals surface area (Å²) in [5.41, 5.74) is 3.96. The minimum Gasteiger partial charge on any atom is -0.344 e. The molecular weight excluding hydrogens is 545 g/mol. The van der Waals surface area contributed by atoms with Crippen LogP contribution in [0.4, 0.5) is 0 Å². The molecule has 2 aromatic heterocycles. The van der Waals surface area contributed by atoms with Gasteiger partial charge in [-0.15, -0.1) is 18.5 Å². The average Bonchev–Trinajstić information content (AvgIpc) is 2.60. The molecule has 7 heteroatoms. The van der Waals surface area contributed by atoms with Crippen molar-refractivity contribution in [3.8, 4) is 0 Å². The summed E-state index contributed by atoms with van der Waals surface area (Å²) in [5.74, 6) is 0. The molecule has 28 heavy (non-hydrogen) atoms. The first-order valence-electron chi connectivity index (χ1n) is 7.92. The number of aryl methyl sites for hydroxylation is 1. The van der Waals surface area contributed by atoms with Crippen molar-refractivity contribution in [1.29, 1.82) is 0 Å². The van der Waals surface area contributed by atoms with E-state index in [0.717, 1.165) is 46.4 Å². The topological polar surface area (TPSA) is 60.8 Å². The second kappa shape index (κ2) is 11.1. The minimum atomic E-state index is 0. The Hall–Kier alpha value is -1.14. The summed E-state index contributed by atoms with van der Waals surface area (Å²) in [5, 5.41) is 2.23. The van der Waals surface area contributed by atoms with Crippen LogP contribution in [0.1, 0.15) is 18.2 Å². The van der Waals surface area contributed by atoms with Crippen molar-refractivity contribution in [2.24, 2.45) is 0 Å². The first-order chi connectivity index (χ1) is 12.4. The first-order valence-corrected chi connectivity index (χ1v) is 10.1. The van der Waals surface area contributed by atoms with Gasteiger partial charge in [0.15, 0.2) is 0 Å². The Bertz CT molecular complexity index is 1070. The summed E-state index contributed by atoms with van der Waals surface area (Å²) < 4.78 is 3.06. The molecule has 0 aliphatic heterocycles. The third kappa shape index (κ3) is 6.18. The van der Waals surface area contributed by atoms with Crippen molar-refractivity contribution in [2.45, 2.75) is 13.8 Å². The Morgan fingerprint density at radius 3 is 2.25 bits per heavy atom. The number of hydrogen-bond donors (Lipinski definition) is 1. The van der Waals surface area contributed by atoms with Crippen LogP contribution in [0.3, 0.4) is 0 Å². The van der Waals surface area contributed by atoms with Gasteiger partial charge in [0.2, 0.25) is 0 Å². The molecule has 2 heterocycles. The van der Waals surface area contributed by atoms with Gasteiger partial charge in [-0.1, -0.05) is 47.7 Å². The van der Waals surface area contributed by atoms with Crippen LogP contribution in [0.5, 0.6) is 0 Å². The van der Waals surface area contributed by atoms with Crippen molar-refractivity contribution in [2.75, 3.05) is 0 Å². The molecule has 0 atom stereocenters. The standard InChI is InChI=1S/C14H10N2.C7H5Br2.ClH.Fe.H3N/c1-2-12-8-7-11-6-5-10-4-3-9-15-13(10)14(11)16-12;1-5-2-6(8)4-7(9)3-5;;;/h3-9H,1H3;2,4H,1H3;1H;;1H3/q;-1;;+1;. The van der Waals surface area contributed by atoms with Crippen LogP contribution in [-0.4, -0.2) is 14.4 Å². The number of halogens is 3. The van der Waals surface area contributed by atoms with Crippen LogP contribution >= 0.6 is 44.3 Å². The van der Waals surface area contributed by atoms with Crippen LogP contribution in [0.2, 0.25) is 0 Å². The Balaban J connectivity index is 0.000000308. The number of benzene rings is 2. The van der Waals surface area contributed by atoms with Gasteiger partial charge in [-0.25, -0.2) is 0 Å². The first kappa shape index (κ1) is 24.9. The molecule has 3 nitrogen and oxygen atoms in total. The Morgan fingerprint density at radius 2 is 1.64 bits per heavy atom. The molecule has 0 fully saturated rings. The molecule has 4 rings (SSSR count). The van der Waals surface area contributed by atoms with E-state index < -0.39 is 0 Å². The van der Waals surface area contributed by atoms with Gasteiger partial charge in [0.1, 0.15) is 0 Å². The van der Waals surface area contributed by atoms with Crippen LogP contribution in [0.25, 0.3) is 21.8 Å². The van der Waals surface area contributed by atoms with E-state index in [9.17, 15) is 0 Å². The van der Waals surface area contributed by atoms with Crippen LogP contribution in [0, 0.1) is 13.0 Å². The Kier molecular flexibility index (Phi) is 9.91. The average molecular weight is 565 g/mol. The van der Waals surface area contributed by atoms with Gasteiger partial charge in [-0.2, -0.15) is 17.7 Å². The summed E-state index contributed by atoms with van der Waals surface area (Å²) in [6.45, 7) is 3.97. The Morgan fingerprint density at radius 1 is 1.00 bits per heavy atom. The van der Waals surface area contributed by atoms with Crippen molar-refractivity contribution in [3.63, 3.8) is 0 Å². The maximum Gasteiger partial charge on any atom is -0.0629 e. The molecule has 0 aliphatic carbocycles. The van der Waals surface area contributed by atoms with Gasteiger partial charge >= 0.3 is 107 Å². The fraction of sp³-hybridized carbons (Fsp3) is 0.0952. The largest absolute Gasteiger partial charge is 0.344 e. The smallest absolute Gasteiger partial charge is 0.0629 e. The van der Waals surface area contributed by atoms with Gasteiger partial charge in [-0.3, -0.25) is 0 Å². The second-order valence-electron chi connectivity index (χ2n) is 5.75. The number of nitrogens with zero attached hydrogens (tertiary/aromatic N) is 2. The van der Waals surface area contributed by atoms with Gasteiger partial charge in [0.05, 0.1) is 0 Å². The van der Waals surface area contributed by atoms with Crippen LogP contribution in [-0.2, 0) is 15.6 Å². The van der Waals surface area contributed by atoms with E-state index in [4.69, 9.17) is 0 Å². The molecule has 3 N–H and O–H groups in total.